The van der Waals surface area contributed by atoms with Gasteiger partial charge in [0.05, 0.1) is 12.9 Å². The van der Waals surface area contributed by atoms with Gasteiger partial charge in [-0.1, -0.05) is 0 Å². The predicted molar refractivity (Wildman–Crippen MR) is 67.1 cm³/mol. The number of nitrogens with zero attached hydrogens (tertiary/aromatic N) is 1. The molecule has 1 rings (SSSR count). The number of carboxylic acids is 1. The number of carbonyl (C=O) groups is 2. The topological polar surface area (TPSA) is 116 Å². The van der Waals surface area contributed by atoms with Gasteiger partial charge in [-0.25, -0.2) is 23.4 Å². The molecule has 0 aliphatic heterocycles. The fourth-order valence-electron chi connectivity index (χ4n) is 1.43. The highest BCUT2D eigenvalue weighted by atomic mass is 19.3. The number of hydrogen-bond donors (Lipinski definition) is 4. The number of hydrogen-bond acceptors (Lipinski definition) is 4. The van der Waals surface area contributed by atoms with Gasteiger partial charge in [-0.15, -0.1) is 0 Å². The lowest BCUT2D eigenvalue weighted by Gasteiger charge is -2.14. The van der Waals surface area contributed by atoms with Crippen LogP contribution < -0.4 is 10.6 Å². The molecule has 0 aromatic carbocycles. The number of rotatable bonds is 9. The van der Waals surface area contributed by atoms with Crippen LogP contribution in [-0.2, 0) is 16.0 Å². The monoisotopic (exact) mass is 306 g/mol. The summed E-state index contributed by atoms with van der Waals surface area (Å²) in [4.78, 5) is 29.0. The summed E-state index contributed by atoms with van der Waals surface area (Å²) in [5.41, 5.74) is 0.558. The molecule has 0 unspecified atom stereocenters. The number of imidazole rings is 1. The lowest BCUT2D eigenvalue weighted by molar-refractivity contribution is -0.139. The van der Waals surface area contributed by atoms with Gasteiger partial charge in [0.2, 0.25) is 0 Å². The van der Waals surface area contributed by atoms with Gasteiger partial charge in [0.1, 0.15) is 12.6 Å². The molecule has 1 heterocycles. The zero-order chi connectivity index (χ0) is 15.7. The first-order valence-corrected chi connectivity index (χ1v) is 6.09. The summed E-state index contributed by atoms with van der Waals surface area (Å²) in [6.45, 7) is -0.800. The Morgan fingerprint density at radius 3 is 2.81 bits per heavy atom. The minimum atomic E-state index is -2.57. The molecule has 0 aliphatic rings. The van der Waals surface area contributed by atoms with Crippen molar-refractivity contribution in [2.75, 3.05) is 19.8 Å². The number of carbonyl (C=O) groups excluding carboxylic acids is 1. The van der Waals surface area contributed by atoms with Crippen LogP contribution in [0.3, 0.4) is 0 Å². The van der Waals surface area contributed by atoms with E-state index in [0.717, 1.165) is 0 Å². The average Bonchev–Trinajstić information content (AvgIpc) is 2.90. The maximum atomic E-state index is 11.8. The van der Waals surface area contributed by atoms with Gasteiger partial charge in [0.25, 0.3) is 6.43 Å². The Hall–Kier alpha value is -2.23. The van der Waals surface area contributed by atoms with Gasteiger partial charge in [-0.2, -0.15) is 0 Å². The Labute approximate surface area is 118 Å². The van der Waals surface area contributed by atoms with E-state index in [1.807, 2.05) is 0 Å². The van der Waals surface area contributed by atoms with Crippen molar-refractivity contribution in [2.45, 2.75) is 18.9 Å². The number of aromatic amines is 1. The maximum Gasteiger partial charge on any atom is 0.326 e. The lowest BCUT2D eigenvalue weighted by atomic mass is 10.2. The third-order valence-corrected chi connectivity index (χ3v) is 2.36. The maximum absolute atomic E-state index is 11.8. The number of H-pyrrole nitrogens is 1. The molecule has 21 heavy (non-hydrogen) atoms. The first-order valence-electron chi connectivity index (χ1n) is 6.09. The van der Waals surface area contributed by atoms with Crippen molar-refractivity contribution in [3.05, 3.63) is 18.2 Å². The van der Waals surface area contributed by atoms with Crippen LogP contribution in [-0.4, -0.2) is 59.3 Å². The minimum Gasteiger partial charge on any atom is -0.480 e. The number of alkyl halides is 2. The number of amides is 2. The number of ether oxygens (including phenoxy) is 1. The number of aromatic nitrogens is 2. The third-order valence-electron chi connectivity index (χ3n) is 2.36. The second-order valence-corrected chi connectivity index (χ2v) is 4.04. The van der Waals surface area contributed by atoms with Crippen molar-refractivity contribution < 1.29 is 28.2 Å². The van der Waals surface area contributed by atoms with E-state index < -0.39 is 31.1 Å². The van der Waals surface area contributed by atoms with E-state index in [9.17, 15) is 18.4 Å². The van der Waals surface area contributed by atoms with E-state index >= 15 is 0 Å². The van der Waals surface area contributed by atoms with Crippen LogP contribution in [0.2, 0.25) is 0 Å². The molecule has 0 saturated heterocycles. The Morgan fingerprint density at radius 1 is 1.48 bits per heavy atom. The second-order valence-electron chi connectivity index (χ2n) is 4.04. The normalized spacial score (nSPS) is 12.1. The fourth-order valence-corrected chi connectivity index (χ4v) is 1.43. The van der Waals surface area contributed by atoms with E-state index in [0.29, 0.717) is 5.69 Å². The largest absolute Gasteiger partial charge is 0.480 e. The highest BCUT2D eigenvalue weighted by molar-refractivity contribution is 5.82. The minimum absolute atomic E-state index is 0.00501. The van der Waals surface area contributed by atoms with E-state index in [1.165, 1.54) is 12.5 Å². The molecule has 2 amide bonds. The zero-order valence-corrected chi connectivity index (χ0v) is 11.0. The third kappa shape index (κ3) is 7.20. The van der Waals surface area contributed by atoms with E-state index in [1.54, 1.807) is 0 Å². The number of nitrogens with one attached hydrogen (secondary N) is 3. The van der Waals surface area contributed by atoms with Crippen molar-refractivity contribution in [3.63, 3.8) is 0 Å². The van der Waals surface area contributed by atoms with Crippen molar-refractivity contribution in [2.24, 2.45) is 0 Å². The van der Waals surface area contributed by atoms with Gasteiger partial charge in [0.15, 0.2) is 0 Å². The molecule has 8 nitrogen and oxygen atoms in total. The number of aliphatic carboxylic acids is 1. The van der Waals surface area contributed by atoms with Crippen LogP contribution in [0, 0.1) is 0 Å². The molecular formula is C11H16F2N4O4. The highest BCUT2D eigenvalue weighted by Gasteiger charge is 2.20. The number of halogens is 2. The molecule has 0 bridgehead atoms. The average molecular weight is 306 g/mol. The van der Waals surface area contributed by atoms with Crippen LogP contribution in [0.4, 0.5) is 13.6 Å². The van der Waals surface area contributed by atoms with Crippen molar-refractivity contribution in [3.8, 4) is 0 Å². The summed E-state index contributed by atoms with van der Waals surface area (Å²) >= 11 is 0. The Bertz CT molecular complexity index is 441. The molecule has 1 atom stereocenters. The Kier molecular flexibility index (Phi) is 7.09. The Morgan fingerprint density at radius 2 is 2.24 bits per heavy atom. The van der Waals surface area contributed by atoms with Crippen LogP contribution in [0.25, 0.3) is 0 Å². The number of urea groups is 1. The highest BCUT2D eigenvalue weighted by Crippen LogP contribution is 1.98. The quantitative estimate of drug-likeness (QED) is 0.479. The predicted octanol–water partition coefficient (Wildman–Crippen LogP) is -0.0137. The summed E-state index contributed by atoms with van der Waals surface area (Å²) in [7, 11) is 0. The number of carboxylic acid groups (broad SMARTS) is 1. The van der Waals surface area contributed by atoms with E-state index in [4.69, 9.17) is 5.11 Å². The van der Waals surface area contributed by atoms with E-state index in [-0.39, 0.29) is 19.6 Å². The van der Waals surface area contributed by atoms with Crippen LogP contribution in [0.1, 0.15) is 5.69 Å². The summed E-state index contributed by atoms with van der Waals surface area (Å²) < 4.78 is 28.1. The summed E-state index contributed by atoms with van der Waals surface area (Å²) in [6, 6.07) is -1.85. The van der Waals surface area contributed by atoms with Crippen molar-refractivity contribution in [1.82, 2.24) is 20.6 Å². The van der Waals surface area contributed by atoms with Gasteiger partial charge >= 0.3 is 12.0 Å². The molecule has 1 aromatic rings. The Balaban J connectivity index is 2.27. The van der Waals surface area contributed by atoms with Gasteiger partial charge in [-0.3, -0.25) is 0 Å². The second kappa shape index (κ2) is 8.84. The van der Waals surface area contributed by atoms with Gasteiger partial charge in [-0.05, 0) is 0 Å². The summed E-state index contributed by atoms with van der Waals surface area (Å²) in [5.74, 6) is -1.20. The molecule has 10 heteroatoms. The van der Waals surface area contributed by atoms with Crippen LogP contribution >= 0.6 is 0 Å². The standard InChI is InChI=1S/C11H16F2N4O4/c12-9(13)5-21-2-1-15-11(20)17-8(10(18)19)3-7-4-14-6-16-7/h4,6,8-9H,1-3,5H2,(H,14,16)(H,18,19)(H2,15,17,20)/t8-/m0/s1. The molecule has 0 aliphatic carbocycles. The first-order chi connectivity index (χ1) is 9.99. The molecule has 0 spiro atoms. The fraction of sp³-hybridized carbons (Fsp3) is 0.545. The lowest BCUT2D eigenvalue weighted by Crippen LogP contribution is -2.47. The summed E-state index contributed by atoms with van der Waals surface area (Å²) in [6.07, 6.45) is 0.331. The molecular weight excluding hydrogens is 290 g/mol. The first kappa shape index (κ1) is 16.8. The zero-order valence-electron chi connectivity index (χ0n) is 11.0. The molecule has 0 saturated carbocycles. The van der Waals surface area contributed by atoms with Crippen molar-refractivity contribution in [1.29, 1.82) is 0 Å². The molecule has 1 aromatic heterocycles. The van der Waals surface area contributed by atoms with Crippen LogP contribution in [0.15, 0.2) is 12.5 Å². The molecule has 0 radical (unpaired) electrons. The van der Waals surface area contributed by atoms with Gasteiger partial charge < -0.3 is 25.5 Å². The van der Waals surface area contributed by atoms with E-state index in [2.05, 4.69) is 25.3 Å². The molecule has 118 valence electrons. The summed E-state index contributed by atoms with van der Waals surface area (Å²) in [5, 5.41) is 13.6. The van der Waals surface area contributed by atoms with Crippen LogP contribution in [0.5, 0.6) is 0 Å². The van der Waals surface area contributed by atoms with Gasteiger partial charge in [0, 0.05) is 24.9 Å². The van der Waals surface area contributed by atoms with Crippen molar-refractivity contribution >= 4 is 12.0 Å². The smallest absolute Gasteiger partial charge is 0.326 e. The molecule has 0 fully saturated rings. The SMILES string of the molecule is O=C(NCCOCC(F)F)N[C@@H](Cc1cnc[nH]1)C(=O)O. The molecule has 4 N–H and O–H groups in total.